The summed E-state index contributed by atoms with van der Waals surface area (Å²) in [6.07, 6.45) is 0. The van der Waals surface area contributed by atoms with Crippen LogP contribution in [0.5, 0.6) is 0 Å². The minimum atomic E-state index is -3.79. The van der Waals surface area contributed by atoms with Gasteiger partial charge in [0.25, 0.3) is 10.0 Å². The van der Waals surface area contributed by atoms with Crippen molar-refractivity contribution in [3.8, 4) is 0 Å². The molecular weight excluding hydrogens is 282 g/mol. The molecule has 0 amide bonds. The zero-order valence-electron chi connectivity index (χ0n) is 10.7. The Morgan fingerprint density at radius 3 is 2.75 bits per heavy atom. The van der Waals surface area contributed by atoms with E-state index in [0.29, 0.717) is 22.4 Å². The van der Waals surface area contributed by atoms with E-state index in [2.05, 4.69) is 25.3 Å². The van der Waals surface area contributed by atoms with Gasteiger partial charge in [0.1, 0.15) is 16.7 Å². The molecule has 0 aliphatic heterocycles. The molecule has 3 rings (SSSR count). The summed E-state index contributed by atoms with van der Waals surface area (Å²) in [6, 6.07) is 5.03. The highest BCUT2D eigenvalue weighted by Crippen LogP contribution is 2.25. The number of fused-ring (bicyclic) bond motifs is 1. The van der Waals surface area contributed by atoms with Gasteiger partial charge in [-0.3, -0.25) is 4.72 Å². The van der Waals surface area contributed by atoms with Crippen LogP contribution in [-0.4, -0.2) is 29.0 Å². The van der Waals surface area contributed by atoms with E-state index in [0.717, 1.165) is 0 Å². The Kier molecular flexibility index (Phi) is 2.71. The van der Waals surface area contributed by atoms with E-state index in [9.17, 15) is 8.42 Å². The van der Waals surface area contributed by atoms with Crippen LogP contribution < -0.4 is 4.72 Å². The molecule has 0 unspecified atom stereocenters. The maximum atomic E-state index is 12.4. The van der Waals surface area contributed by atoms with Crippen molar-refractivity contribution < 1.29 is 12.9 Å². The Hall–Kier alpha value is -2.42. The Labute approximate surface area is 114 Å². The highest BCUT2D eigenvalue weighted by atomic mass is 32.2. The number of aryl methyl sites for hydroxylation is 2. The number of nitrogens with zero attached hydrogens (tertiary/aromatic N) is 3. The number of aromatic nitrogens is 4. The Balaban J connectivity index is 2.09. The van der Waals surface area contributed by atoms with Crippen LogP contribution >= 0.6 is 0 Å². The van der Waals surface area contributed by atoms with Crippen LogP contribution in [0.25, 0.3) is 11.0 Å². The lowest BCUT2D eigenvalue weighted by atomic mass is 10.3. The second kappa shape index (κ2) is 4.30. The van der Waals surface area contributed by atoms with Crippen molar-refractivity contribution in [2.24, 2.45) is 0 Å². The molecule has 1 aromatic carbocycles. The smallest absolute Gasteiger partial charge is 0.267 e. The molecule has 20 heavy (non-hydrogen) atoms. The number of H-pyrrole nitrogens is 1. The topological polar surface area (TPSA) is 114 Å². The molecule has 104 valence electrons. The van der Waals surface area contributed by atoms with Gasteiger partial charge < -0.3 is 4.52 Å². The van der Waals surface area contributed by atoms with Gasteiger partial charge in [0.05, 0.1) is 5.69 Å². The molecule has 0 spiro atoms. The highest BCUT2D eigenvalue weighted by Gasteiger charge is 2.25. The van der Waals surface area contributed by atoms with Gasteiger partial charge in [-0.05, 0) is 26.0 Å². The molecule has 2 aromatic heterocycles. The fraction of sp³-hybridized carbons (Fsp3) is 0.182. The van der Waals surface area contributed by atoms with E-state index in [1.165, 1.54) is 0 Å². The number of sulfonamides is 1. The van der Waals surface area contributed by atoms with Gasteiger partial charge in [0.2, 0.25) is 0 Å². The standard InChI is InChI=1S/C11H11N5O3S/c1-6-11(7(2)19-14-6)20(17,18)15-9-5-3-4-8-10(9)13-16-12-8/h3-5,15H,1-2H3,(H,12,13,16). The average Bonchev–Trinajstić information content (AvgIpc) is 2.96. The monoisotopic (exact) mass is 293 g/mol. The van der Waals surface area contributed by atoms with Crippen molar-refractivity contribution in [1.29, 1.82) is 0 Å². The number of rotatable bonds is 3. The third kappa shape index (κ3) is 1.92. The number of benzene rings is 1. The third-order valence-corrected chi connectivity index (χ3v) is 4.44. The lowest BCUT2D eigenvalue weighted by Gasteiger charge is -2.07. The molecule has 0 bridgehead atoms. The fourth-order valence-electron chi connectivity index (χ4n) is 2.00. The number of hydrogen-bond donors (Lipinski definition) is 2. The van der Waals surface area contributed by atoms with Crippen molar-refractivity contribution in [1.82, 2.24) is 20.6 Å². The van der Waals surface area contributed by atoms with Gasteiger partial charge in [0, 0.05) is 0 Å². The molecule has 2 N–H and O–H groups in total. The van der Waals surface area contributed by atoms with E-state index in [1.54, 1.807) is 32.0 Å². The highest BCUT2D eigenvalue weighted by molar-refractivity contribution is 7.92. The minimum Gasteiger partial charge on any atom is -0.360 e. The SMILES string of the molecule is Cc1noc(C)c1S(=O)(=O)Nc1cccc2n[nH]nc12. The second-order valence-corrected chi connectivity index (χ2v) is 5.87. The van der Waals surface area contributed by atoms with Crippen molar-refractivity contribution >= 4 is 26.7 Å². The van der Waals surface area contributed by atoms with Crippen LogP contribution in [0.4, 0.5) is 5.69 Å². The Bertz CT molecular complexity index is 861. The summed E-state index contributed by atoms with van der Waals surface area (Å²) in [7, 11) is -3.79. The van der Waals surface area contributed by atoms with Gasteiger partial charge in [-0.15, -0.1) is 0 Å². The van der Waals surface area contributed by atoms with E-state index in [1.807, 2.05) is 0 Å². The molecule has 9 heteroatoms. The third-order valence-electron chi connectivity index (χ3n) is 2.83. The van der Waals surface area contributed by atoms with Crippen molar-refractivity contribution in [3.05, 3.63) is 29.7 Å². The molecule has 0 aliphatic carbocycles. The van der Waals surface area contributed by atoms with Crippen LogP contribution in [0.1, 0.15) is 11.5 Å². The van der Waals surface area contributed by atoms with Crippen molar-refractivity contribution in [2.45, 2.75) is 18.7 Å². The Morgan fingerprint density at radius 1 is 1.25 bits per heavy atom. The summed E-state index contributed by atoms with van der Waals surface area (Å²) in [4.78, 5) is 0.0398. The first-order valence-electron chi connectivity index (χ1n) is 5.74. The van der Waals surface area contributed by atoms with Crippen molar-refractivity contribution in [2.75, 3.05) is 4.72 Å². The number of hydrogen-bond acceptors (Lipinski definition) is 6. The van der Waals surface area contributed by atoms with Crippen LogP contribution in [0.2, 0.25) is 0 Å². The molecule has 0 aliphatic rings. The number of para-hydroxylation sites is 1. The predicted molar refractivity (Wildman–Crippen MR) is 70.7 cm³/mol. The molecule has 3 aromatic rings. The molecule has 0 saturated heterocycles. The first-order valence-corrected chi connectivity index (χ1v) is 7.22. The maximum absolute atomic E-state index is 12.4. The summed E-state index contributed by atoms with van der Waals surface area (Å²) in [6.45, 7) is 3.12. The van der Waals surface area contributed by atoms with E-state index < -0.39 is 10.0 Å². The van der Waals surface area contributed by atoms with Gasteiger partial charge in [0.15, 0.2) is 10.7 Å². The normalized spacial score (nSPS) is 11.9. The maximum Gasteiger partial charge on any atom is 0.267 e. The zero-order chi connectivity index (χ0) is 14.3. The molecule has 0 radical (unpaired) electrons. The lowest BCUT2D eigenvalue weighted by Crippen LogP contribution is -2.14. The van der Waals surface area contributed by atoms with Gasteiger partial charge in [-0.25, -0.2) is 8.42 Å². The summed E-state index contributed by atoms with van der Waals surface area (Å²) in [5, 5.41) is 13.9. The summed E-state index contributed by atoms with van der Waals surface area (Å²) in [5.74, 6) is 0.238. The van der Waals surface area contributed by atoms with Crippen LogP contribution in [0, 0.1) is 13.8 Å². The van der Waals surface area contributed by atoms with Gasteiger partial charge in [-0.2, -0.15) is 15.4 Å². The molecular formula is C11H11N5O3S. The summed E-state index contributed by atoms with van der Waals surface area (Å²) >= 11 is 0. The van der Waals surface area contributed by atoms with Crippen LogP contribution in [0.15, 0.2) is 27.6 Å². The van der Waals surface area contributed by atoms with Crippen LogP contribution in [0.3, 0.4) is 0 Å². The lowest BCUT2D eigenvalue weighted by molar-refractivity contribution is 0.390. The molecule has 2 heterocycles. The van der Waals surface area contributed by atoms with Crippen molar-refractivity contribution in [3.63, 3.8) is 0 Å². The number of anilines is 1. The van der Waals surface area contributed by atoms with E-state index in [-0.39, 0.29) is 10.7 Å². The summed E-state index contributed by atoms with van der Waals surface area (Å²) < 4.78 is 32.2. The van der Waals surface area contributed by atoms with Gasteiger partial charge in [-0.1, -0.05) is 11.2 Å². The molecule has 0 saturated carbocycles. The minimum absolute atomic E-state index is 0.0398. The molecule has 8 nitrogen and oxygen atoms in total. The fourth-order valence-corrected chi connectivity index (χ4v) is 3.40. The molecule has 0 fully saturated rings. The number of aromatic amines is 1. The first kappa shape index (κ1) is 12.6. The van der Waals surface area contributed by atoms with Gasteiger partial charge >= 0.3 is 0 Å². The largest absolute Gasteiger partial charge is 0.360 e. The Morgan fingerprint density at radius 2 is 2.05 bits per heavy atom. The summed E-state index contributed by atoms with van der Waals surface area (Å²) in [5.41, 5.74) is 1.67. The number of nitrogens with one attached hydrogen (secondary N) is 2. The second-order valence-electron chi connectivity index (χ2n) is 4.26. The quantitative estimate of drug-likeness (QED) is 0.753. The van der Waals surface area contributed by atoms with E-state index in [4.69, 9.17) is 4.52 Å². The average molecular weight is 293 g/mol. The van der Waals surface area contributed by atoms with E-state index >= 15 is 0 Å². The van der Waals surface area contributed by atoms with Crippen LogP contribution in [-0.2, 0) is 10.0 Å². The zero-order valence-corrected chi connectivity index (χ0v) is 11.5. The predicted octanol–water partition coefficient (Wildman–Crippen LogP) is 1.36. The first-order chi connectivity index (χ1) is 9.49. The molecule has 0 atom stereocenters.